The molecule has 0 saturated heterocycles. The smallest absolute Gasteiger partial charge is 0.0747 e. The van der Waals surface area contributed by atoms with Crippen LogP contribution in [0.4, 0.5) is 5.69 Å². The van der Waals surface area contributed by atoms with E-state index in [9.17, 15) is 0 Å². The van der Waals surface area contributed by atoms with Crippen molar-refractivity contribution < 1.29 is 0 Å². The van der Waals surface area contributed by atoms with Gasteiger partial charge in [-0.2, -0.15) is 0 Å². The van der Waals surface area contributed by atoms with Crippen molar-refractivity contribution in [1.29, 1.82) is 0 Å². The van der Waals surface area contributed by atoms with E-state index in [0.29, 0.717) is 0 Å². The van der Waals surface area contributed by atoms with Crippen LogP contribution in [0.15, 0.2) is 28.6 Å². The van der Waals surface area contributed by atoms with Crippen LogP contribution in [0.2, 0.25) is 0 Å². The molecular formula is C12H11NS. The molecule has 0 aliphatic carbocycles. The molecule has 2 heterocycles. The van der Waals surface area contributed by atoms with E-state index in [2.05, 4.69) is 35.5 Å². The van der Waals surface area contributed by atoms with Crippen molar-refractivity contribution in [1.82, 2.24) is 0 Å². The highest BCUT2D eigenvalue weighted by molar-refractivity contribution is 7.17. The first kappa shape index (κ1) is 8.18. The SMILES string of the molecule is CC1=Nc2c(ccc3sccc23)CC1. The number of hydrogen-bond acceptors (Lipinski definition) is 2. The minimum Gasteiger partial charge on any atom is -0.257 e. The third-order valence-electron chi connectivity index (χ3n) is 2.75. The van der Waals surface area contributed by atoms with Crippen LogP contribution in [0.3, 0.4) is 0 Å². The summed E-state index contributed by atoms with van der Waals surface area (Å²) in [6, 6.07) is 6.63. The van der Waals surface area contributed by atoms with Gasteiger partial charge in [0, 0.05) is 15.8 Å². The quantitative estimate of drug-likeness (QED) is 0.612. The van der Waals surface area contributed by atoms with Gasteiger partial charge in [0.2, 0.25) is 0 Å². The van der Waals surface area contributed by atoms with Gasteiger partial charge < -0.3 is 0 Å². The third-order valence-corrected chi connectivity index (χ3v) is 3.63. The number of nitrogens with zero attached hydrogens (tertiary/aromatic N) is 1. The first-order valence-corrected chi connectivity index (χ1v) is 5.76. The summed E-state index contributed by atoms with van der Waals surface area (Å²) in [7, 11) is 0. The molecule has 1 aromatic heterocycles. The zero-order valence-corrected chi connectivity index (χ0v) is 8.90. The molecule has 14 heavy (non-hydrogen) atoms. The van der Waals surface area contributed by atoms with Crippen molar-refractivity contribution in [2.45, 2.75) is 19.8 Å². The largest absolute Gasteiger partial charge is 0.257 e. The predicted octanol–water partition coefficient (Wildman–Crippen LogP) is 3.94. The minimum absolute atomic E-state index is 1.11. The lowest BCUT2D eigenvalue weighted by molar-refractivity contribution is 1.01. The van der Waals surface area contributed by atoms with Crippen LogP contribution in [-0.4, -0.2) is 5.71 Å². The molecule has 1 aliphatic heterocycles. The molecule has 0 atom stereocenters. The summed E-state index contributed by atoms with van der Waals surface area (Å²) >= 11 is 1.79. The molecule has 2 aromatic rings. The summed E-state index contributed by atoms with van der Waals surface area (Å²) < 4.78 is 1.35. The fraction of sp³-hybridized carbons (Fsp3) is 0.250. The van der Waals surface area contributed by atoms with Crippen molar-refractivity contribution >= 4 is 32.8 Å². The second-order valence-corrected chi connectivity index (χ2v) is 4.70. The first-order chi connectivity index (χ1) is 6.84. The Morgan fingerprint density at radius 1 is 1.21 bits per heavy atom. The van der Waals surface area contributed by atoms with Gasteiger partial charge in [0.25, 0.3) is 0 Å². The fourth-order valence-electron chi connectivity index (χ4n) is 1.97. The zero-order chi connectivity index (χ0) is 9.54. The molecule has 0 fully saturated rings. The van der Waals surface area contributed by atoms with Crippen molar-refractivity contribution in [3.05, 3.63) is 29.1 Å². The molecule has 3 rings (SSSR count). The van der Waals surface area contributed by atoms with Gasteiger partial charge in [0.05, 0.1) is 5.69 Å². The van der Waals surface area contributed by atoms with E-state index < -0.39 is 0 Å². The normalized spacial score (nSPS) is 15.4. The van der Waals surface area contributed by atoms with Crippen LogP contribution >= 0.6 is 11.3 Å². The van der Waals surface area contributed by atoms with Gasteiger partial charge in [-0.25, -0.2) is 0 Å². The molecule has 1 nitrogen and oxygen atoms in total. The van der Waals surface area contributed by atoms with Crippen LogP contribution in [0.5, 0.6) is 0 Å². The van der Waals surface area contributed by atoms with E-state index in [-0.39, 0.29) is 0 Å². The maximum absolute atomic E-state index is 4.67. The van der Waals surface area contributed by atoms with Crippen LogP contribution in [-0.2, 0) is 6.42 Å². The monoisotopic (exact) mass is 201 g/mol. The van der Waals surface area contributed by atoms with E-state index in [1.165, 1.54) is 27.0 Å². The summed E-state index contributed by atoms with van der Waals surface area (Å²) in [5.41, 5.74) is 3.88. The van der Waals surface area contributed by atoms with E-state index in [0.717, 1.165) is 12.8 Å². The Hall–Kier alpha value is -1.15. The van der Waals surface area contributed by atoms with Crippen molar-refractivity contribution in [2.24, 2.45) is 4.99 Å². The molecule has 0 bridgehead atoms. The van der Waals surface area contributed by atoms with Gasteiger partial charge in [-0.15, -0.1) is 11.3 Å². The topological polar surface area (TPSA) is 12.4 Å². The van der Waals surface area contributed by atoms with Crippen LogP contribution in [0.1, 0.15) is 18.9 Å². The molecule has 70 valence electrons. The average Bonchev–Trinajstić information content (AvgIpc) is 2.65. The summed E-state index contributed by atoms with van der Waals surface area (Å²) in [5.74, 6) is 0. The molecule has 0 unspecified atom stereocenters. The van der Waals surface area contributed by atoms with Crippen molar-refractivity contribution in [2.75, 3.05) is 0 Å². The van der Waals surface area contributed by atoms with Crippen molar-refractivity contribution in [3.63, 3.8) is 0 Å². The van der Waals surface area contributed by atoms with E-state index in [4.69, 9.17) is 0 Å². The lowest BCUT2D eigenvalue weighted by atomic mass is 10.0. The summed E-state index contributed by atoms with van der Waals surface area (Å²) in [4.78, 5) is 4.67. The number of aliphatic imine (C=N–C) groups is 1. The van der Waals surface area contributed by atoms with Crippen molar-refractivity contribution in [3.8, 4) is 0 Å². The summed E-state index contributed by atoms with van der Waals surface area (Å²) in [5, 5.41) is 3.47. The molecular weight excluding hydrogens is 190 g/mol. The number of benzene rings is 1. The van der Waals surface area contributed by atoms with Gasteiger partial charge in [-0.3, -0.25) is 4.99 Å². The fourth-order valence-corrected chi connectivity index (χ4v) is 2.76. The third kappa shape index (κ3) is 1.11. The van der Waals surface area contributed by atoms with Gasteiger partial charge in [0.1, 0.15) is 0 Å². The Bertz CT molecular complexity index is 522. The maximum Gasteiger partial charge on any atom is 0.0747 e. The second-order valence-electron chi connectivity index (χ2n) is 3.75. The Kier molecular flexibility index (Phi) is 1.71. The Balaban J connectivity index is 2.39. The molecule has 0 radical (unpaired) electrons. The Morgan fingerprint density at radius 3 is 3.07 bits per heavy atom. The van der Waals surface area contributed by atoms with Gasteiger partial charge in [0.15, 0.2) is 0 Å². The van der Waals surface area contributed by atoms with Gasteiger partial charge in [-0.1, -0.05) is 6.07 Å². The molecule has 1 aromatic carbocycles. The highest BCUT2D eigenvalue weighted by Gasteiger charge is 2.12. The average molecular weight is 201 g/mol. The minimum atomic E-state index is 1.11. The van der Waals surface area contributed by atoms with E-state index >= 15 is 0 Å². The number of hydrogen-bond donors (Lipinski definition) is 0. The highest BCUT2D eigenvalue weighted by atomic mass is 32.1. The number of rotatable bonds is 0. The lowest BCUT2D eigenvalue weighted by Gasteiger charge is -2.13. The summed E-state index contributed by atoms with van der Waals surface area (Å²) in [6.07, 6.45) is 2.26. The van der Waals surface area contributed by atoms with Gasteiger partial charge in [-0.05, 0) is 42.8 Å². The molecule has 2 heteroatoms. The molecule has 0 saturated carbocycles. The highest BCUT2D eigenvalue weighted by Crippen LogP contribution is 2.36. The molecule has 0 amide bonds. The molecule has 0 N–H and O–H groups in total. The Labute approximate surface area is 87.1 Å². The number of thiophene rings is 1. The van der Waals surface area contributed by atoms with E-state index in [1.807, 2.05) is 0 Å². The van der Waals surface area contributed by atoms with Crippen LogP contribution < -0.4 is 0 Å². The van der Waals surface area contributed by atoms with Crippen LogP contribution in [0, 0.1) is 0 Å². The Morgan fingerprint density at radius 2 is 2.14 bits per heavy atom. The first-order valence-electron chi connectivity index (χ1n) is 4.88. The predicted molar refractivity (Wildman–Crippen MR) is 62.9 cm³/mol. The standard InChI is InChI=1S/C12H11NS/c1-8-2-3-9-4-5-11-10(6-7-14-11)12(9)13-8/h4-7H,2-3H2,1H3. The number of fused-ring (bicyclic) bond motifs is 3. The van der Waals surface area contributed by atoms with Crippen LogP contribution in [0.25, 0.3) is 10.1 Å². The maximum atomic E-state index is 4.67. The molecule has 0 spiro atoms. The lowest BCUT2D eigenvalue weighted by Crippen LogP contribution is -2.01. The second kappa shape index (κ2) is 2.92. The number of aryl methyl sites for hydroxylation is 1. The molecule has 1 aliphatic rings. The van der Waals surface area contributed by atoms with E-state index in [1.54, 1.807) is 11.3 Å². The zero-order valence-electron chi connectivity index (χ0n) is 8.08. The van der Waals surface area contributed by atoms with Gasteiger partial charge >= 0.3 is 0 Å². The summed E-state index contributed by atoms with van der Waals surface area (Å²) in [6.45, 7) is 2.12.